The molecular formula is C62H50N2O4S2. The zero-order valence-corrected chi connectivity index (χ0v) is 40.4. The van der Waals surface area contributed by atoms with Crippen LogP contribution >= 0.6 is 23.5 Å². The number of nitrogens with zero attached hydrogens (tertiary/aromatic N) is 2. The number of fused-ring (bicyclic) bond motifs is 3. The number of carbonyl (C=O) groups excluding carboxylic acids is 4. The Kier molecular flexibility index (Phi) is 11.8. The number of carbonyl (C=O) groups is 4. The molecule has 70 heavy (non-hydrogen) atoms. The summed E-state index contributed by atoms with van der Waals surface area (Å²) in [6.45, 7) is 0. The first-order valence-electron chi connectivity index (χ1n) is 24.6. The van der Waals surface area contributed by atoms with Crippen LogP contribution in [-0.2, 0) is 11.5 Å². The summed E-state index contributed by atoms with van der Waals surface area (Å²) < 4.78 is 0. The Morgan fingerprint density at radius 2 is 0.700 bits per heavy atom. The third-order valence-corrected chi connectivity index (χ3v) is 17.2. The second-order valence-electron chi connectivity index (χ2n) is 19.0. The molecule has 0 atom stereocenters. The first-order chi connectivity index (χ1) is 34.4. The van der Waals surface area contributed by atoms with Crippen LogP contribution in [-0.4, -0.2) is 23.6 Å². The van der Waals surface area contributed by atoms with Gasteiger partial charge < -0.3 is 0 Å². The lowest BCUT2D eigenvalue weighted by Gasteiger charge is -2.17. The number of hydrogen-bond donors (Lipinski definition) is 0. The minimum atomic E-state index is -0.346. The van der Waals surface area contributed by atoms with Crippen molar-refractivity contribution in [3.05, 3.63) is 214 Å². The van der Waals surface area contributed by atoms with Gasteiger partial charge in [-0.2, -0.15) is 0 Å². The molecule has 0 radical (unpaired) electrons. The molecule has 4 amide bonds. The number of thioether (sulfide) groups is 2. The molecule has 2 saturated carbocycles. The van der Waals surface area contributed by atoms with E-state index in [0.29, 0.717) is 68.1 Å². The molecule has 0 N–H and O–H groups in total. The van der Waals surface area contributed by atoms with Gasteiger partial charge in [0.1, 0.15) is 0 Å². The fourth-order valence-corrected chi connectivity index (χ4v) is 13.4. The van der Waals surface area contributed by atoms with Crippen molar-refractivity contribution in [3.8, 4) is 22.3 Å². The van der Waals surface area contributed by atoms with Crippen LogP contribution in [0.5, 0.6) is 0 Å². The highest BCUT2D eigenvalue weighted by atomic mass is 32.2. The van der Waals surface area contributed by atoms with Crippen LogP contribution in [0, 0.1) is 0 Å². The van der Waals surface area contributed by atoms with Gasteiger partial charge in [-0.1, -0.05) is 159 Å². The van der Waals surface area contributed by atoms with Crippen molar-refractivity contribution in [1.82, 2.24) is 0 Å². The molecule has 8 heteroatoms. The van der Waals surface area contributed by atoms with Crippen LogP contribution < -0.4 is 9.80 Å². The average molecular weight is 951 g/mol. The van der Waals surface area contributed by atoms with Gasteiger partial charge in [-0.3, -0.25) is 19.2 Å². The largest absolute Gasteiger partial charge is 0.268 e. The quantitative estimate of drug-likeness (QED) is 0.0897. The lowest BCUT2D eigenvalue weighted by Crippen LogP contribution is -2.29. The van der Waals surface area contributed by atoms with Gasteiger partial charge in [0.05, 0.1) is 33.6 Å². The lowest BCUT2D eigenvalue weighted by molar-refractivity contribution is 0.0909. The van der Waals surface area contributed by atoms with Crippen molar-refractivity contribution in [3.63, 3.8) is 0 Å². The van der Waals surface area contributed by atoms with Crippen LogP contribution in [0.4, 0.5) is 11.4 Å². The highest BCUT2D eigenvalue weighted by Crippen LogP contribution is 2.47. The van der Waals surface area contributed by atoms with E-state index in [2.05, 4.69) is 48.5 Å². The molecule has 8 aromatic rings. The van der Waals surface area contributed by atoms with E-state index in [1.807, 2.05) is 121 Å². The van der Waals surface area contributed by atoms with E-state index in [4.69, 9.17) is 0 Å². The Balaban J connectivity index is 0.961. The third kappa shape index (κ3) is 7.87. The topological polar surface area (TPSA) is 74.8 Å². The normalized spacial score (nSPS) is 16.0. The molecular weight excluding hydrogens is 901 g/mol. The maximum absolute atomic E-state index is 15.0. The molecule has 6 nitrogen and oxygen atoms in total. The molecule has 0 spiro atoms. The molecule has 4 aliphatic rings. The van der Waals surface area contributed by atoms with Crippen molar-refractivity contribution in [2.45, 2.75) is 84.5 Å². The van der Waals surface area contributed by atoms with Gasteiger partial charge in [0.25, 0.3) is 23.6 Å². The van der Waals surface area contributed by atoms with Crippen LogP contribution in [0.25, 0.3) is 33.0 Å². The summed E-state index contributed by atoms with van der Waals surface area (Å²) in [6.07, 6.45) is 9.53. The molecule has 0 saturated heterocycles. The number of hydrogen-bond acceptors (Lipinski definition) is 6. The minimum Gasteiger partial charge on any atom is -0.268 e. The van der Waals surface area contributed by atoms with E-state index >= 15 is 9.59 Å². The van der Waals surface area contributed by atoms with Gasteiger partial charge in [0, 0.05) is 21.3 Å². The van der Waals surface area contributed by atoms with E-state index in [-0.39, 0.29) is 23.6 Å². The highest BCUT2D eigenvalue weighted by Gasteiger charge is 2.43. The number of rotatable bonds is 12. The van der Waals surface area contributed by atoms with Crippen LogP contribution in [0.2, 0.25) is 0 Å². The van der Waals surface area contributed by atoms with E-state index in [1.165, 1.54) is 46.6 Å². The van der Waals surface area contributed by atoms with Gasteiger partial charge in [-0.15, -0.1) is 23.5 Å². The molecule has 2 aliphatic carbocycles. The Bertz CT molecular complexity index is 3130. The molecule has 2 fully saturated rings. The van der Waals surface area contributed by atoms with Crippen LogP contribution in [0.15, 0.2) is 180 Å². The lowest BCUT2D eigenvalue weighted by atomic mass is 9.87. The second-order valence-corrected chi connectivity index (χ2v) is 21.0. The monoisotopic (exact) mass is 950 g/mol. The van der Waals surface area contributed by atoms with Gasteiger partial charge in [0.2, 0.25) is 0 Å². The number of imide groups is 2. The summed E-state index contributed by atoms with van der Waals surface area (Å²) in [5, 5.41) is 1.72. The summed E-state index contributed by atoms with van der Waals surface area (Å²) in [7, 11) is 0. The van der Waals surface area contributed by atoms with E-state index in [0.717, 1.165) is 68.5 Å². The standard InChI is InChI=1S/C62H50N2O4S2/c65-59-55-51(33-35-53(69-37-39-13-3-1-4-14-39)57(55)61(67)63(59)45-27-23-43(24-28-45)41-17-7-8-18-41)49-31-32-50(48-22-12-11-21-47(48)49)52-34-36-54(70-38-40-15-5-2-6-16-40)58-56(52)60(66)64(62(58)68)46-29-25-44(26-30-46)42-19-9-10-20-42/h1-6,11-16,21-36,41-42H,7-10,17-20,37-38H2. The molecule has 0 aromatic heterocycles. The Morgan fingerprint density at radius 3 is 1.09 bits per heavy atom. The van der Waals surface area contributed by atoms with E-state index < -0.39 is 0 Å². The number of benzene rings is 8. The third-order valence-electron chi connectivity index (χ3n) is 14.9. The molecule has 2 aliphatic heterocycles. The van der Waals surface area contributed by atoms with Crippen LogP contribution in [0.3, 0.4) is 0 Å². The first-order valence-corrected chi connectivity index (χ1v) is 26.6. The van der Waals surface area contributed by atoms with E-state index in [1.54, 1.807) is 23.5 Å². The summed E-state index contributed by atoms with van der Waals surface area (Å²) in [6, 6.07) is 56.4. The van der Waals surface area contributed by atoms with Crippen molar-refractivity contribution >= 4 is 69.3 Å². The second kappa shape index (κ2) is 18.7. The molecule has 344 valence electrons. The average Bonchev–Trinajstić information content (AvgIpc) is 4.24. The fraction of sp³-hybridized carbons (Fsp3) is 0.194. The van der Waals surface area contributed by atoms with Crippen molar-refractivity contribution in [1.29, 1.82) is 0 Å². The van der Waals surface area contributed by atoms with Gasteiger partial charge >= 0.3 is 0 Å². The van der Waals surface area contributed by atoms with Gasteiger partial charge in [-0.05, 0) is 129 Å². The maximum Gasteiger partial charge on any atom is 0.267 e. The number of anilines is 2. The minimum absolute atomic E-state index is 0.325. The Hall–Kier alpha value is -7.00. The Morgan fingerprint density at radius 1 is 0.357 bits per heavy atom. The van der Waals surface area contributed by atoms with Crippen molar-refractivity contribution in [2.24, 2.45) is 0 Å². The summed E-state index contributed by atoms with van der Waals surface area (Å²) in [5.74, 6) is 0.950. The molecule has 0 unspecified atom stereocenters. The van der Waals surface area contributed by atoms with Crippen molar-refractivity contribution in [2.75, 3.05) is 9.80 Å². The zero-order valence-electron chi connectivity index (χ0n) is 38.7. The number of amides is 4. The van der Waals surface area contributed by atoms with Crippen molar-refractivity contribution < 1.29 is 19.2 Å². The zero-order chi connectivity index (χ0) is 47.3. The predicted molar refractivity (Wildman–Crippen MR) is 284 cm³/mol. The molecule has 2 heterocycles. The molecule has 8 aromatic carbocycles. The SMILES string of the molecule is O=C1c2c(SCc3ccccc3)ccc(-c3ccc(-c4ccc(SCc5ccccc5)c5c4C(=O)N(c4ccc(C6CCCC6)cc4)C5=O)c4ccccc34)c2C(=O)N1c1ccc(C2CCCC2)cc1. The van der Waals surface area contributed by atoms with Gasteiger partial charge in [-0.25, -0.2) is 9.80 Å². The molecule has 0 bridgehead atoms. The predicted octanol–water partition coefficient (Wildman–Crippen LogP) is 15.7. The van der Waals surface area contributed by atoms with E-state index in [9.17, 15) is 9.59 Å². The smallest absolute Gasteiger partial charge is 0.267 e. The highest BCUT2D eigenvalue weighted by molar-refractivity contribution is 7.98. The first kappa shape index (κ1) is 44.2. The fourth-order valence-electron chi connectivity index (χ4n) is 11.4. The summed E-state index contributed by atoms with van der Waals surface area (Å²) in [4.78, 5) is 63.9. The van der Waals surface area contributed by atoms with Gasteiger partial charge in [0.15, 0.2) is 0 Å². The molecule has 12 rings (SSSR count). The summed E-state index contributed by atoms with van der Waals surface area (Å²) >= 11 is 3.13. The summed E-state index contributed by atoms with van der Waals surface area (Å²) in [5.41, 5.74) is 10.4. The Labute approximate surface area is 417 Å². The van der Waals surface area contributed by atoms with Crippen LogP contribution in [0.1, 0.15) is 127 Å². The maximum atomic E-state index is 15.0.